The predicted octanol–water partition coefficient (Wildman–Crippen LogP) is 2.58. The van der Waals surface area contributed by atoms with Gasteiger partial charge in [0.05, 0.1) is 11.8 Å². The number of oxazole rings is 1. The Labute approximate surface area is 109 Å². The molecular formula is C14H10N4O. The zero-order valence-corrected chi connectivity index (χ0v) is 10.2. The number of aryl methyl sites for hydroxylation is 1. The first kappa shape index (κ1) is 11.4. The van der Waals surface area contributed by atoms with Gasteiger partial charge in [0.1, 0.15) is 11.4 Å². The first-order valence-corrected chi connectivity index (χ1v) is 5.82. The van der Waals surface area contributed by atoms with E-state index in [4.69, 9.17) is 4.42 Å². The van der Waals surface area contributed by atoms with Crippen molar-refractivity contribution in [1.29, 1.82) is 5.26 Å². The Morgan fingerprint density at radius 3 is 2.95 bits per heavy atom. The molecular weight excluding hydrogens is 240 g/mol. The fourth-order valence-electron chi connectivity index (χ4n) is 2.01. The van der Waals surface area contributed by atoms with Crippen LogP contribution < -0.4 is 0 Å². The Bertz CT molecular complexity index is 758. The van der Waals surface area contributed by atoms with E-state index in [1.807, 2.05) is 18.2 Å². The number of fused-ring (bicyclic) bond motifs is 1. The van der Waals surface area contributed by atoms with Crippen LogP contribution in [0, 0.1) is 18.3 Å². The predicted molar refractivity (Wildman–Crippen MR) is 68.2 cm³/mol. The van der Waals surface area contributed by atoms with Gasteiger partial charge in [-0.05, 0) is 29.8 Å². The minimum absolute atomic E-state index is 0.455. The molecule has 1 aromatic carbocycles. The van der Waals surface area contributed by atoms with Gasteiger partial charge in [0.15, 0.2) is 11.5 Å². The highest BCUT2D eigenvalue weighted by Gasteiger charge is 2.16. The highest BCUT2D eigenvalue weighted by molar-refractivity contribution is 5.74. The first-order chi connectivity index (χ1) is 9.28. The summed E-state index contributed by atoms with van der Waals surface area (Å²) in [6.45, 7) is 1.80. The maximum atomic E-state index is 9.35. The molecule has 0 N–H and O–H groups in total. The van der Waals surface area contributed by atoms with Crippen LogP contribution in [0.2, 0.25) is 0 Å². The third kappa shape index (κ3) is 2.04. The van der Waals surface area contributed by atoms with Crippen LogP contribution in [0.3, 0.4) is 0 Å². The summed E-state index contributed by atoms with van der Waals surface area (Å²) >= 11 is 0. The molecule has 0 bridgehead atoms. The van der Waals surface area contributed by atoms with Gasteiger partial charge in [-0.3, -0.25) is 0 Å². The standard InChI is InChI=1S/C14H10N4O/c1-9-17-13-5-4-10(7-14(13)19-9)11(8-15)12-3-2-6-16-18-12/h2-7,11H,1H3. The Balaban J connectivity index is 2.09. The molecule has 2 heterocycles. The van der Waals surface area contributed by atoms with Crippen molar-refractivity contribution in [2.24, 2.45) is 0 Å². The second-order valence-corrected chi connectivity index (χ2v) is 4.17. The first-order valence-electron chi connectivity index (χ1n) is 5.82. The molecule has 3 rings (SSSR count). The molecule has 2 aromatic heterocycles. The van der Waals surface area contributed by atoms with Crippen LogP contribution in [0.1, 0.15) is 23.1 Å². The Morgan fingerprint density at radius 2 is 2.21 bits per heavy atom. The van der Waals surface area contributed by atoms with Gasteiger partial charge in [-0.2, -0.15) is 15.5 Å². The molecule has 19 heavy (non-hydrogen) atoms. The molecule has 3 aromatic rings. The van der Waals surface area contributed by atoms with Gasteiger partial charge in [0.25, 0.3) is 0 Å². The highest BCUT2D eigenvalue weighted by Crippen LogP contribution is 2.25. The topological polar surface area (TPSA) is 75.6 Å². The lowest BCUT2D eigenvalue weighted by molar-refractivity contribution is 0.560. The van der Waals surface area contributed by atoms with E-state index in [0.717, 1.165) is 11.1 Å². The quantitative estimate of drug-likeness (QED) is 0.698. The van der Waals surface area contributed by atoms with Crippen molar-refractivity contribution >= 4 is 11.1 Å². The molecule has 0 fully saturated rings. The van der Waals surface area contributed by atoms with Crippen molar-refractivity contribution in [1.82, 2.24) is 15.2 Å². The van der Waals surface area contributed by atoms with E-state index in [1.54, 1.807) is 25.3 Å². The minimum atomic E-state index is -0.455. The summed E-state index contributed by atoms with van der Waals surface area (Å²) in [5.74, 6) is 0.156. The van der Waals surface area contributed by atoms with Crippen LogP contribution >= 0.6 is 0 Å². The zero-order valence-electron chi connectivity index (χ0n) is 10.2. The minimum Gasteiger partial charge on any atom is -0.441 e. The SMILES string of the molecule is Cc1nc2ccc(C(C#N)c3cccnn3)cc2o1. The number of nitriles is 1. The lowest BCUT2D eigenvalue weighted by atomic mass is 9.97. The molecule has 92 valence electrons. The van der Waals surface area contributed by atoms with Gasteiger partial charge in [0, 0.05) is 13.1 Å². The summed E-state index contributed by atoms with van der Waals surface area (Å²) < 4.78 is 5.48. The second kappa shape index (κ2) is 4.50. The van der Waals surface area contributed by atoms with Crippen LogP contribution in [0.15, 0.2) is 40.9 Å². The lowest BCUT2D eigenvalue weighted by Gasteiger charge is -2.07. The molecule has 0 aliphatic heterocycles. The largest absolute Gasteiger partial charge is 0.441 e. The van der Waals surface area contributed by atoms with Gasteiger partial charge in [-0.1, -0.05) is 6.07 Å². The van der Waals surface area contributed by atoms with Crippen LogP contribution in [-0.4, -0.2) is 15.2 Å². The van der Waals surface area contributed by atoms with E-state index in [0.29, 0.717) is 17.2 Å². The number of nitrogens with zero attached hydrogens (tertiary/aromatic N) is 4. The third-order valence-electron chi connectivity index (χ3n) is 2.87. The molecule has 0 aliphatic rings. The molecule has 0 aliphatic carbocycles. The molecule has 0 spiro atoms. The number of benzene rings is 1. The summed E-state index contributed by atoms with van der Waals surface area (Å²) in [7, 11) is 0. The fourth-order valence-corrected chi connectivity index (χ4v) is 2.01. The summed E-state index contributed by atoms with van der Waals surface area (Å²) in [4.78, 5) is 4.23. The molecule has 0 amide bonds. The smallest absolute Gasteiger partial charge is 0.192 e. The van der Waals surface area contributed by atoms with Crippen LogP contribution in [-0.2, 0) is 0 Å². The summed E-state index contributed by atoms with van der Waals surface area (Å²) in [6.07, 6.45) is 1.58. The molecule has 0 radical (unpaired) electrons. The van der Waals surface area contributed by atoms with Crippen molar-refractivity contribution in [3.05, 3.63) is 53.7 Å². The van der Waals surface area contributed by atoms with E-state index in [-0.39, 0.29) is 0 Å². The lowest BCUT2D eigenvalue weighted by Crippen LogP contribution is -2.01. The number of rotatable bonds is 2. The van der Waals surface area contributed by atoms with Crippen LogP contribution in [0.25, 0.3) is 11.1 Å². The van der Waals surface area contributed by atoms with E-state index in [9.17, 15) is 5.26 Å². The average Bonchev–Trinajstić information content (AvgIpc) is 2.80. The van der Waals surface area contributed by atoms with Crippen molar-refractivity contribution < 1.29 is 4.42 Å². The van der Waals surface area contributed by atoms with E-state index < -0.39 is 5.92 Å². The maximum absolute atomic E-state index is 9.35. The Morgan fingerprint density at radius 1 is 1.32 bits per heavy atom. The van der Waals surface area contributed by atoms with Crippen LogP contribution in [0.5, 0.6) is 0 Å². The number of hydrogen-bond acceptors (Lipinski definition) is 5. The second-order valence-electron chi connectivity index (χ2n) is 4.17. The van der Waals surface area contributed by atoms with Gasteiger partial charge >= 0.3 is 0 Å². The van der Waals surface area contributed by atoms with Gasteiger partial charge in [0.2, 0.25) is 0 Å². The van der Waals surface area contributed by atoms with E-state index in [2.05, 4.69) is 21.3 Å². The number of hydrogen-bond donors (Lipinski definition) is 0. The summed E-state index contributed by atoms with van der Waals surface area (Å²) in [6, 6.07) is 11.3. The maximum Gasteiger partial charge on any atom is 0.192 e. The fraction of sp³-hybridized carbons (Fsp3) is 0.143. The molecule has 0 saturated heterocycles. The highest BCUT2D eigenvalue weighted by atomic mass is 16.3. The molecule has 1 unspecified atom stereocenters. The molecule has 5 heteroatoms. The third-order valence-corrected chi connectivity index (χ3v) is 2.87. The number of aromatic nitrogens is 3. The normalized spacial score (nSPS) is 12.2. The molecule has 0 saturated carbocycles. The van der Waals surface area contributed by atoms with Gasteiger partial charge in [-0.15, -0.1) is 0 Å². The monoisotopic (exact) mass is 250 g/mol. The Kier molecular flexibility index (Phi) is 2.69. The van der Waals surface area contributed by atoms with Gasteiger partial charge < -0.3 is 4.42 Å². The van der Waals surface area contributed by atoms with Crippen molar-refractivity contribution in [2.45, 2.75) is 12.8 Å². The van der Waals surface area contributed by atoms with Crippen LogP contribution in [0.4, 0.5) is 0 Å². The average molecular weight is 250 g/mol. The zero-order chi connectivity index (χ0) is 13.2. The van der Waals surface area contributed by atoms with Crippen molar-refractivity contribution in [3.63, 3.8) is 0 Å². The van der Waals surface area contributed by atoms with Gasteiger partial charge in [-0.25, -0.2) is 4.98 Å². The summed E-state index contributed by atoms with van der Waals surface area (Å²) in [5, 5.41) is 17.1. The Hall–Kier alpha value is -2.74. The molecule has 1 atom stereocenters. The van der Waals surface area contributed by atoms with E-state index >= 15 is 0 Å². The summed E-state index contributed by atoms with van der Waals surface area (Å²) in [5.41, 5.74) is 2.92. The van der Waals surface area contributed by atoms with E-state index in [1.165, 1.54) is 0 Å². The van der Waals surface area contributed by atoms with Crippen molar-refractivity contribution in [2.75, 3.05) is 0 Å². The molecule has 5 nitrogen and oxygen atoms in total. The van der Waals surface area contributed by atoms with Crippen molar-refractivity contribution in [3.8, 4) is 6.07 Å².